The predicted octanol–water partition coefficient (Wildman–Crippen LogP) is 3.82. The summed E-state index contributed by atoms with van der Waals surface area (Å²) in [5, 5.41) is 8.48. The molecule has 0 unspecified atom stereocenters. The summed E-state index contributed by atoms with van der Waals surface area (Å²) >= 11 is 13.3. The molecule has 0 saturated carbocycles. The van der Waals surface area contributed by atoms with E-state index in [2.05, 4.69) is 4.98 Å². The van der Waals surface area contributed by atoms with Crippen LogP contribution in [-0.4, -0.2) is 10.8 Å². The van der Waals surface area contributed by atoms with Gasteiger partial charge in [0.1, 0.15) is 11.5 Å². The second kappa shape index (κ2) is 5.61. The van der Waals surface area contributed by atoms with E-state index in [-0.39, 0.29) is 5.84 Å². The van der Waals surface area contributed by atoms with Gasteiger partial charge in [-0.3, -0.25) is 10.4 Å². The Morgan fingerprint density at radius 3 is 2.67 bits per heavy atom. The minimum Gasteiger partial charge on any atom is -0.382 e. The van der Waals surface area contributed by atoms with Crippen molar-refractivity contribution in [2.24, 2.45) is 5.73 Å². The molecule has 0 spiro atoms. The molecule has 6 heteroatoms. The first-order valence-electron chi connectivity index (χ1n) is 5.00. The van der Waals surface area contributed by atoms with Crippen molar-refractivity contribution in [3.63, 3.8) is 0 Å². The zero-order valence-corrected chi connectivity index (χ0v) is 11.5. The van der Waals surface area contributed by atoms with Crippen molar-refractivity contribution in [2.75, 3.05) is 0 Å². The first kappa shape index (κ1) is 13.2. The molecule has 3 N–H and O–H groups in total. The molecule has 0 aliphatic carbocycles. The van der Waals surface area contributed by atoms with Crippen LogP contribution in [0, 0.1) is 5.41 Å². The SMILES string of the molecule is N=C(N)c1ncccc1Sc1ccc(Cl)c(Cl)c1. The van der Waals surface area contributed by atoms with Gasteiger partial charge in [-0.2, -0.15) is 0 Å². The molecule has 18 heavy (non-hydrogen) atoms. The summed E-state index contributed by atoms with van der Waals surface area (Å²) in [6.45, 7) is 0. The maximum Gasteiger partial charge on any atom is 0.142 e. The van der Waals surface area contributed by atoms with Crippen LogP contribution in [0.1, 0.15) is 5.69 Å². The van der Waals surface area contributed by atoms with Crippen molar-refractivity contribution in [3.8, 4) is 0 Å². The van der Waals surface area contributed by atoms with Gasteiger partial charge < -0.3 is 5.73 Å². The summed E-state index contributed by atoms with van der Waals surface area (Å²) in [6, 6.07) is 9.01. The number of aromatic nitrogens is 1. The standard InChI is InChI=1S/C12H9Cl2N3S/c13-8-4-3-7(6-9(8)14)18-10-2-1-5-17-11(10)12(15)16/h1-6H,(H3,15,16). The molecule has 0 aliphatic heterocycles. The molecule has 0 saturated heterocycles. The molecule has 0 fully saturated rings. The second-order valence-electron chi connectivity index (χ2n) is 3.44. The first-order valence-corrected chi connectivity index (χ1v) is 6.57. The number of benzene rings is 1. The van der Waals surface area contributed by atoms with Crippen molar-refractivity contribution in [2.45, 2.75) is 9.79 Å². The van der Waals surface area contributed by atoms with E-state index in [0.29, 0.717) is 15.7 Å². The van der Waals surface area contributed by atoms with E-state index in [4.69, 9.17) is 34.3 Å². The van der Waals surface area contributed by atoms with Gasteiger partial charge in [-0.05, 0) is 30.3 Å². The summed E-state index contributed by atoms with van der Waals surface area (Å²) in [4.78, 5) is 5.81. The van der Waals surface area contributed by atoms with Crippen LogP contribution in [0.4, 0.5) is 0 Å². The lowest BCUT2D eigenvalue weighted by Crippen LogP contribution is -2.14. The molecule has 0 atom stereocenters. The number of rotatable bonds is 3. The third-order valence-corrected chi connectivity index (χ3v) is 3.92. The smallest absolute Gasteiger partial charge is 0.142 e. The third kappa shape index (κ3) is 2.96. The molecule has 92 valence electrons. The Bertz CT molecular complexity index is 602. The molecule has 1 aromatic heterocycles. The number of nitrogens with zero attached hydrogens (tertiary/aromatic N) is 1. The Morgan fingerprint density at radius 1 is 1.22 bits per heavy atom. The van der Waals surface area contributed by atoms with E-state index in [9.17, 15) is 0 Å². The van der Waals surface area contributed by atoms with Gasteiger partial charge in [-0.1, -0.05) is 35.0 Å². The minimum absolute atomic E-state index is 0.0573. The van der Waals surface area contributed by atoms with Gasteiger partial charge in [-0.15, -0.1) is 0 Å². The first-order chi connectivity index (χ1) is 8.58. The molecule has 1 heterocycles. The highest BCUT2D eigenvalue weighted by Crippen LogP contribution is 2.33. The van der Waals surface area contributed by atoms with Crippen molar-refractivity contribution >= 4 is 40.8 Å². The minimum atomic E-state index is -0.0573. The molecule has 0 aliphatic rings. The van der Waals surface area contributed by atoms with E-state index in [0.717, 1.165) is 9.79 Å². The van der Waals surface area contributed by atoms with Gasteiger partial charge in [0, 0.05) is 16.0 Å². The van der Waals surface area contributed by atoms with Gasteiger partial charge in [0.25, 0.3) is 0 Å². The number of nitrogens with one attached hydrogen (secondary N) is 1. The topological polar surface area (TPSA) is 62.8 Å². The molecule has 0 radical (unpaired) electrons. The van der Waals surface area contributed by atoms with Gasteiger partial charge in [-0.25, -0.2) is 0 Å². The number of hydrogen-bond donors (Lipinski definition) is 2. The summed E-state index contributed by atoms with van der Waals surface area (Å²) < 4.78 is 0. The van der Waals surface area contributed by atoms with Crippen molar-refractivity contribution in [3.05, 3.63) is 52.3 Å². The van der Waals surface area contributed by atoms with Crippen LogP contribution in [0.2, 0.25) is 10.0 Å². The Hall–Kier alpha value is -1.23. The van der Waals surface area contributed by atoms with Crippen molar-refractivity contribution in [1.29, 1.82) is 5.41 Å². The van der Waals surface area contributed by atoms with Gasteiger partial charge in [0.2, 0.25) is 0 Å². The Balaban J connectivity index is 2.34. The average Bonchev–Trinajstić information content (AvgIpc) is 2.34. The maximum absolute atomic E-state index is 7.47. The molecular formula is C12H9Cl2N3S. The molecule has 2 rings (SSSR count). The van der Waals surface area contributed by atoms with Crippen LogP contribution in [-0.2, 0) is 0 Å². The second-order valence-corrected chi connectivity index (χ2v) is 5.37. The molecular weight excluding hydrogens is 289 g/mol. The highest BCUT2D eigenvalue weighted by molar-refractivity contribution is 7.99. The Kier molecular flexibility index (Phi) is 4.11. The summed E-state index contributed by atoms with van der Waals surface area (Å²) in [6.07, 6.45) is 1.61. The van der Waals surface area contributed by atoms with Crippen LogP contribution < -0.4 is 5.73 Å². The fraction of sp³-hybridized carbons (Fsp3) is 0. The lowest BCUT2D eigenvalue weighted by molar-refractivity contribution is 1.17. The largest absolute Gasteiger partial charge is 0.382 e. The van der Waals surface area contributed by atoms with E-state index in [1.54, 1.807) is 24.4 Å². The molecule has 0 bridgehead atoms. The van der Waals surface area contributed by atoms with Crippen molar-refractivity contribution < 1.29 is 0 Å². The van der Waals surface area contributed by atoms with Crippen LogP contribution in [0.5, 0.6) is 0 Å². The highest BCUT2D eigenvalue weighted by atomic mass is 35.5. The Morgan fingerprint density at radius 2 is 2.00 bits per heavy atom. The number of pyridine rings is 1. The van der Waals surface area contributed by atoms with Crippen LogP contribution in [0.25, 0.3) is 0 Å². The fourth-order valence-electron chi connectivity index (χ4n) is 1.34. The zero-order chi connectivity index (χ0) is 13.1. The van der Waals surface area contributed by atoms with Crippen LogP contribution in [0.3, 0.4) is 0 Å². The predicted molar refractivity (Wildman–Crippen MR) is 75.8 cm³/mol. The van der Waals surface area contributed by atoms with Gasteiger partial charge in [0.05, 0.1) is 10.0 Å². The molecule has 0 amide bonds. The maximum atomic E-state index is 7.47. The summed E-state index contributed by atoms with van der Waals surface area (Å²) in [7, 11) is 0. The zero-order valence-electron chi connectivity index (χ0n) is 9.15. The molecule has 1 aromatic carbocycles. The highest BCUT2D eigenvalue weighted by Gasteiger charge is 2.08. The fourth-order valence-corrected chi connectivity index (χ4v) is 2.68. The number of hydrogen-bond acceptors (Lipinski definition) is 3. The van der Waals surface area contributed by atoms with Gasteiger partial charge >= 0.3 is 0 Å². The summed E-state index contributed by atoms with van der Waals surface area (Å²) in [5.74, 6) is -0.0573. The average molecular weight is 298 g/mol. The quantitative estimate of drug-likeness (QED) is 0.668. The van der Waals surface area contributed by atoms with E-state index in [1.807, 2.05) is 12.1 Å². The number of nitrogen functional groups attached to an aromatic ring is 1. The normalized spacial score (nSPS) is 10.3. The molecule has 3 nitrogen and oxygen atoms in total. The third-order valence-electron chi connectivity index (χ3n) is 2.14. The number of halogens is 2. The van der Waals surface area contributed by atoms with Crippen LogP contribution in [0.15, 0.2) is 46.3 Å². The van der Waals surface area contributed by atoms with Crippen LogP contribution >= 0.6 is 35.0 Å². The summed E-state index contributed by atoms with van der Waals surface area (Å²) in [5.41, 5.74) is 5.95. The number of amidine groups is 1. The lowest BCUT2D eigenvalue weighted by atomic mass is 10.3. The van der Waals surface area contributed by atoms with Gasteiger partial charge in [0.15, 0.2) is 0 Å². The number of nitrogens with two attached hydrogens (primary N) is 1. The molecule has 2 aromatic rings. The van der Waals surface area contributed by atoms with E-state index >= 15 is 0 Å². The van der Waals surface area contributed by atoms with Crippen molar-refractivity contribution in [1.82, 2.24) is 4.98 Å². The Labute approximate surface area is 119 Å². The van der Waals surface area contributed by atoms with E-state index in [1.165, 1.54) is 11.8 Å². The lowest BCUT2D eigenvalue weighted by Gasteiger charge is -2.07. The van der Waals surface area contributed by atoms with E-state index < -0.39 is 0 Å². The monoisotopic (exact) mass is 297 g/mol.